The Morgan fingerprint density at radius 2 is 2.24 bits per heavy atom. The summed E-state index contributed by atoms with van der Waals surface area (Å²) < 4.78 is 1.54. The van der Waals surface area contributed by atoms with Crippen LogP contribution in [0.3, 0.4) is 0 Å². The van der Waals surface area contributed by atoms with Crippen LogP contribution in [0.25, 0.3) is 0 Å². The number of carbonyl (C=O) groups is 2. The predicted molar refractivity (Wildman–Crippen MR) is 72.8 cm³/mol. The molecule has 21 heavy (non-hydrogen) atoms. The van der Waals surface area contributed by atoms with E-state index in [4.69, 9.17) is 5.11 Å². The molecule has 2 N–H and O–H groups in total. The molecule has 1 atom stereocenters. The third kappa shape index (κ3) is 3.05. The Morgan fingerprint density at radius 3 is 2.86 bits per heavy atom. The Morgan fingerprint density at radius 1 is 1.43 bits per heavy atom. The number of aromatic nitrogens is 3. The first kappa shape index (κ1) is 14.0. The van der Waals surface area contributed by atoms with Crippen molar-refractivity contribution < 1.29 is 14.7 Å². The zero-order chi connectivity index (χ0) is 14.8. The quantitative estimate of drug-likeness (QED) is 0.776. The highest BCUT2D eigenvalue weighted by Gasteiger charge is 2.33. The normalized spacial score (nSPS) is 22.3. The lowest BCUT2D eigenvalue weighted by atomic mass is 10.0. The van der Waals surface area contributed by atoms with Gasteiger partial charge in [-0.2, -0.15) is 0 Å². The minimum absolute atomic E-state index is 0.0442. The Kier molecular flexibility index (Phi) is 3.87. The maximum atomic E-state index is 12.0. The number of likely N-dealkylation sites (tertiary alicyclic amines) is 1. The van der Waals surface area contributed by atoms with Gasteiger partial charge in [-0.3, -0.25) is 4.79 Å². The van der Waals surface area contributed by atoms with Gasteiger partial charge in [-0.15, -0.1) is 5.10 Å². The first-order valence-electron chi connectivity index (χ1n) is 7.27. The lowest BCUT2D eigenvalue weighted by Crippen LogP contribution is -2.50. The van der Waals surface area contributed by atoms with Crippen LogP contribution < -0.4 is 5.32 Å². The number of hydrogen-bond donors (Lipinski definition) is 2. The summed E-state index contributed by atoms with van der Waals surface area (Å²) in [4.78, 5) is 24.6. The maximum Gasteiger partial charge on any atom is 0.358 e. The van der Waals surface area contributed by atoms with Crippen LogP contribution in [0.2, 0.25) is 0 Å². The number of rotatable bonds is 5. The van der Waals surface area contributed by atoms with Crippen molar-refractivity contribution in [3.63, 3.8) is 0 Å². The number of aromatic carboxylic acids is 1. The molecule has 114 valence electrons. The van der Waals surface area contributed by atoms with Crippen molar-refractivity contribution in [2.24, 2.45) is 5.92 Å². The molecule has 3 heterocycles. The molecule has 0 spiro atoms. The van der Waals surface area contributed by atoms with Gasteiger partial charge >= 0.3 is 5.97 Å². The summed E-state index contributed by atoms with van der Waals surface area (Å²) in [6.45, 7) is 3.25. The van der Waals surface area contributed by atoms with Crippen LogP contribution in [0, 0.1) is 5.92 Å². The van der Waals surface area contributed by atoms with E-state index in [2.05, 4.69) is 15.6 Å². The minimum atomic E-state index is -1.08. The maximum absolute atomic E-state index is 12.0. The minimum Gasteiger partial charge on any atom is -0.476 e. The Balaban J connectivity index is 1.43. The first-order chi connectivity index (χ1) is 10.1. The van der Waals surface area contributed by atoms with E-state index >= 15 is 0 Å². The van der Waals surface area contributed by atoms with Crippen LogP contribution >= 0.6 is 0 Å². The summed E-state index contributed by atoms with van der Waals surface area (Å²) in [5.74, 6) is -0.283. The van der Waals surface area contributed by atoms with Crippen LogP contribution in [0.4, 0.5) is 0 Å². The van der Waals surface area contributed by atoms with E-state index in [0.717, 1.165) is 25.9 Å². The van der Waals surface area contributed by atoms with E-state index in [-0.39, 0.29) is 17.6 Å². The lowest BCUT2D eigenvalue weighted by molar-refractivity contribution is -0.137. The van der Waals surface area contributed by atoms with Gasteiger partial charge in [-0.25, -0.2) is 9.48 Å². The number of amides is 1. The molecular weight excluding hydrogens is 274 g/mol. The fraction of sp³-hybridized carbons (Fsp3) is 0.692. The van der Waals surface area contributed by atoms with E-state index in [1.165, 1.54) is 10.9 Å². The summed E-state index contributed by atoms with van der Waals surface area (Å²) in [5.41, 5.74) is -0.0616. The summed E-state index contributed by atoms with van der Waals surface area (Å²) in [6, 6.07) is 0.0442. The second-order valence-electron chi connectivity index (χ2n) is 5.74. The molecule has 8 nitrogen and oxygen atoms in total. The topological polar surface area (TPSA) is 100 Å². The molecule has 0 radical (unpaired) electrons. The molecular formula is C13H19N5O3. The molecule has 0 aromatic carbocycles. The van der Waals surface area contributed by atoms with Crippen molar-refractivity contribution in [1.82, 2.24) is 25.2 Å². The molecule has 1 aromatic heterocycles. The molecule has 0 bridgehead atoms. The third-order valence-electron chi connectivity index (χ3n) is 4.25. The molecule has 1 aromatic rings. The largest absolute Gasteiger partial charge is 0.476 e. The van der Waals surface area contributed by atoms with Gasteiger partial charge in [0.15, 0.2) is 5.69 Å². The van der Waals surface area contributed by atoms with Gasteiger partial charge in [0.25, 0.3) is 0 Å². The zero-order valence-electron chi connectivity index (χ0n) is 11.7. The van der Waals surface area contributed by atoms with Gasteiger partial charge in [0.2, 0.25) is 5.91 Å². The molecule has 2 saturated heterocycles. The van der Waals surface area contributed by atoms with Crippen molar-refractivity contribution in [3.05, 3.63) is 11.9 Å². The molecule has 1 amide bonds. The predicted octanol–water partition coefficient (Wildman–Crippen LogP) is -0.251. The van der Waals surface area contributed by atoms with Crippen LogP contribution in [-0.4, -0.2) is 63.1 Å². The monoisotopic (exact) mass is 293 g/mol. The molecule has 0 aliphatic carbocycles. The molecule has 2 fully saturated rings. The van der Waals surface area contributed by atoms with Crippen molar-refractivity contribution in [3.8, 4) is 0 Å². The Labute approximate surface area is 122 Å². The van der Waals surface area contributed by atoms with Crippen molar-refractivity contribution in [2.45, 2.75) is 25.3 Å². The Bertz CT molecular complexity index is 532. The highest BCUT2D eigenvalue weighted by Crippen LogP contribution is 2.23. The molecule has 0 saturated carbocycles. The standard InChI is InChI=1S/C13H19N5O3/c19-12(2-1-9-3-4-14-5-9)17-6-10(7-17)18-8-11(13(20)21)15-16-18/h8-10,14H,1-7H2,(H,20,21). The average Bonchev–Trinajstić information content (AvgIpc) is 3.06. The van der Waals surface area contributed by atoms with E-state index in [9.17, 15) is 9.59 Å². The van der Waals surface area contributed by atoms with Gasteiger partial charge in [0.05, 0.1) is 12.2 Å². The van der Waals surface area contributed by atoms with Gasteiger partial charge < -0.3 is 15.3 Å². The van der Waals surface area contributed by atoms with E-state index in [1.54, 1.807) is 4.90 Å². The van der Waals surface area contributed by atoms with Crippen LogP contribution in [0.5, 0.6) is 0 Å². The molecule has 1 unspecified atom stereocenters. The Hall–Kier alpha value is -1.96. The van der Waals surface area contributed by atoms with Gasteiger partial charge in [-0.05, 0) is 31.8 Å². The fourth-order valence-corrected chi connectivity index (χ4v) is 2.83. The second-order valence-corrected chi connectivity index (χ2v) is 5.74. The van der Waals surface area contributed by atoms with E-state index in [0.29, 0.717) is 25.4 Å². The van der Waals surface area contributed by atoms with Gasteiger partial charge in [0, 0.05) is 19.5 Å². The molecule has 8 heteroatoms. The highest BCUT2D eigenvalue weighted by atomic mass is 16.4. The number of carboxylic acid groups (broad SMARTS) is 1. The molecule has 3 rings (SSSR count). The summed E-state index contributed by atoms with van der Waals surface area (Å²) in [6.07, 6.45) is 4.11. The van der Waals surface area contributed by atoms with Gasteiger partial charge in [-0.1, -0.05) is 5.21 Å². The lowest BCUT2D eigenvalue weighted by Gasteiger charge is -2.39. The first-order valence-corrected chi connectivity index (χ1v) is 7.27. The van der Waals surface area contributed by atoms with Crippen molar-refractivity contribution in [1.29, 1.82) is 0 Å². The fourth-order valence-electron chi connectivity index (χ4n) is 2.83. The average molecular weight is 293 g/mol. The third-order valence-corrected chi connectivity index (χ3v) is 4.25. The number of carboxylic acids is 1. The summed E-state index contributed by atoms with van der Waals surface area (Å²) in [5, 5.41) is 19.5. The van der Waals surface area contributed by atoms with Crippen molar-refractivity contribution in [2.75, 3.05) is 26.2 Å². The summed E-state index contributed by atoms with van der Waals surface area (Å²) >= 11 is 0. The van der Waals surface area contributed by atoms with Crippen LogP contribution in [0.1, 0.15) is 35.8 Å². The van der Waals surface area contributed by atoms with E-state index in [1.807, 2.05) is 0 Å². The molecule has 2 aliphatic heterocycles. The SMILES string of the molecule is O=C(O)c1cn(C2CN(C(=O)CCC3CCNC3)C2)nn1. The number of nitrogens with zero attached hydrogens (tertiary/aromatic N) is 4. The second kappa shape index (κ2) is 5.80. The van der Waals surface area contributed by atoms with Crippen LogP contribution in [0.15, 0.2) is 6.20 Å². The number of nitrogens with one attached hydrogen (secondary N) is 1. The highest BCUT2D eigenvalue weighted by molar-refractivity contribution is 5.84. The number of carbonyl (C=O) groups excluding carboxylic acids is 1. The smallest absolute Gasteiger partial charge is 0.358 e. The van der Waals surface area contributed by atoms with Gasteiger partial charge in [0.1, 0.15) is 0 Å². The molecule has 2 aliphatic rings. The van der Waals surface area contributed by atoms with Crippen molar-refractivity contribution >= 4 is 11.9 Å². The number of hydrogen-bond acceptors (Lipinski definition) is 5. The van der Waals surface area contributed by atoms with Crippen LogP contribution in [-0.2, 0) is 4.79 Å². The van der Waals surface area contributed by atoms with E-state index < -0.39 is 5.97 Å². The summed E-state index contributed by atoms with van der Waals surface area (Å²) in [7, 11) is 0. The zero-order valence-corrected chi connectivity index (χ0v) is 11.7.